The van der Waals surface area contributed by atoms with Gasteiger partial charge in [-0.3, -0.25) is 9.59 Å². The number of anilines is 1. The van der Waals surface area contributed by atoms with E-state index in [-0.39, 0.29) is 28.9 Å². The lowest BCUT2D eigenvalue weighted by Crippen LogP contribution is -2.31. The number of ether oxygens (including phenoxy) is 1. The third kappa shape index (κ3) is 4.80. The van der Waals surface area contributed by atoms with Gasteiger partial charge >= 0.3 is 0 Å². The second kappa shape index (κ2) is 10.1. The lowest BCUT2D eigenvalue weighted by atomic mass is 9.77. The molecule has 0 saturated heterocycles. The second-order valence-electron chi connectivity index (χ2n) is 8.22. The first kappa shape index (κ1) is 23.5. The first-order valence-electron chi connectivity index (χ1n) is 10.9. The largest absolute Gasteiger partial charge is 0.504 e. The summed E-state index contributed by atoms with van der Waals surface area (Å²) in [6.45, 7) is 1.98. The fourth-order valence-corrected chi connectivity index (χ4v) is 5.08. The average molecular weight is 476 g/mol. The molecule has 2 aromatic carbocycles. The Bertz CT molecular complexity index is 1240. The molecule has 0 spiro atoms. The minimum atomic E-state index is -0.591. The zero-order valence-corrected chi connectivity index (χ0v) is 19.8. The molecule has 1 atom stereocenters. The number of methoxy groups -OCH3 is 1. The molecule has 4 rings (SSSR count). The van der Waals surface area contributed by atoms with Crippen molar-refractivity contribution < 1.29 is 19.4 Å². The molecule has 2 aliphatic rings. The van der Waals surface area contributed by atoms with Gasteiger partial charge in [0.25, 0.3) is 0 Å². The summed E-state index contributed by atoms with van der Waals surface area (Å²) in [5.74, 6) is -0.433. The number of ketones is 1. The lowest BCUT2D eigenvalue weighted by Gasteiger charge is -2.33. The Morgan fingerprint density at radius 1 is 1.26 bits per heavy atom. The van der Waals surface area contributed by atoms with Crippen LogP contribution in [0.3, 0.4) is 0 Å². The Kier molecular flexibility index (Phi) is 6.94. The number of benzene rings is 2. The van der Waals surface area contributed by atoms with Crippen LogP contribution in [0, 0.1) is 18.3 Å². The zero-order chi connectivity index (χ0) is 24.2. The number of hydrogen-bond acceptors (Lipinski definition) is 7. The first-order chi connectivity index (χ1) is 16.4. The summed E-state index contributed by atoms with van der Waals surface area (Å²) in [4.78, 5) is 25.5. The minimum absolute atomic E-state index is 0.000272. The van der Waals surface area contributed by atoms with Crippen LogP contribution in [0.15, 0.2) is 64.3 Å². The Balaban J connectivity index is 1.64. The molecule has 1 aliphatic carbocycles. The van der Waals surface area contributed by atoms with Gasteiger partial charge < -0.3 is 20.5 Å². The fraction of sp³-hybridized carbons (Fsp3) is 0.269. The fourth-order valence-electron chi connectivity index (χ4n) is 4.22. The standard InChI is InChI=1S/C26H25N3O4S/c1-15-6-9-17(10-7-15)28-23(32)14-34-26-18(13-27)24(16-8-11-20(30)22(12-16)33-2)25-19(29-26)4-3-5-21(25)31/h6-12,24,29-30H,3-5,14H2,1-2H3,(H,28,32). The van der Waals surface area contributed by atoms with E-state index < -0.39 is 5.92 Å². The molecule has 3 N–H and O–H groups in total. The van der Waals surface area contributed by atoms with E-state index in [1.165, 1.54) is 24.9 Å². The number of dihydropyridines is 1. The van der Waals surface area contributed by atoms with Gasteiger partial charge in [-0.1, -0.05) is 35.5 Å². The molecule has 0 fully saturated rings. The van der Waals surface area contributed by atoms with Crippen molar-refractivity contribution in [3.05, 3.63) is 75.5 Å². The summed E-state index contributed by atoms with van der Waals surface area (Å²) < 4.78 is 5.25. The smallest absolute Gasteiger partial charge is 0.234 e. The van der Waals surface area contributed by atoms with Crippen molar-refractivity contribution in [1.82, 2.24) is 5.32 Å². The molecule has 34 heavy (non-hydrogen) atoms. The van der Waals surface area contributed by atoms with Crippen LogP contribution in [0.25, 0.3) is 0 Å². The van der Waals surface area contributed by atoms with E-state index in [9.17, 15) is 20.0 Å². The van der Waals surface area contributed by atoms with Crippen molar-refractivity contribution in [2.45, 2.75) is 32.1 Å². The maximum atomic E-state index is 12.9. The SMILES string of the molecule is COc1cc(C2C(C#N)=C(SCC(=O)Nc3ccc(C)cc3)NC3=C2C(=O)CCC3)ccc1O. The highest BCUT2D eigenvalue weighted by molar-refractivity contribution is 8.03. The summed E-state index contributed by atoms with van der Waals surface area (Å²) in [7, 11) is 1.45. The van der Waals surface area contributed by atoms with Gasteiger partial charge in [0.1, 0.15) is 0 Å². The summed E-state index contributed by atoms with van der Waals surface area (Å²) in [6.07, 6.45) is 1.83. The molecule has 1 amide bonds. The van der Waals surface area contributed by atoms with Crippen molar-refractivity contribution in [2.24, 2.45) is 0 Å². The molecule has 0 bridgehead atoms. The number of hydrogen-bond donors (Lipinski definition) is 3. The van der Waals surface area contributed by atoms with Crippen molar-refractivity contribution in [3.8, 4) is 17.6 Å². The number of nitrogens with one attached hydrogen (secondary N) is 2. The minimum Gasteiger partial charge on any atom is -0.504 e. The van der Waals surface area contributed by atoms with Crippen LogP contribution in [0.1, 0.15) is 36.3 Å². The number of carbonyl (C=O) groups is 2. The van der Waals surface area contributed by atoms with Crippen LogP contribution in [0.2, 0.25) is 0 Å². The number of rotatable bonds is 6. The van der Waals surface area contributed by atoms with Crippen molar-refractivity contribution in [3.63, 3.8) is 0 Å². The summed E-state index contributed by atoms with van der Waals surface area (Å²) in [5.41, 5.74) is 4.22. The van der Waals surface area contributed by atoms with Crippen LogP contribution in [-0.2, 0) is 9.59 Å². The molecular formula is C26H25N3O4S. The van der Waals surface area contributed by atoms with Gasteiger partial charge in [0.2, 0.25) is 5.91 Å². The molecule has 0 radical (unpaired) electrons. The molecule has 1 unspecified atom stereocenters. The second-order valence-corrected chi connectivity index (χ2v) is 9.20. The number of carbonyl (C=O) groups excluding carboxylic acids is 2. The number of allylic oxidation sites excluding steroid dienone is 3. The van der Waals surface area contributed by atoms with Crippen molar-refractivity contribution in [2.75, 3.05) is 18.2 Å². The van der Waals surface area contributed by atoms with Crippen LogP contribution >= 0.6 is 11.8 Å². The quantitative estimate of drug-likeness (QED) is 0.564. The predicted molar refractivity (Wildman–Crippen MR) is 131 cm³/mol. The Morgan fingerprint density at radius 3 is 2.74 bits per heavy atom. The van der Waals surface area contributed by atoms with Gasteiger partial charge in [0, 0.05) is 23.4 Å². The number of nitriles is 1. The maximum Gasteiger partial charge on any atom is 0.234 e. The molecular weight excluding hydrogens is 450 g/mol. The monoisotopic (exact) mass is 475 g/mol. The predicted octanol–water partition coefficient (Wildman–Crippen LogP) is 4.51. The van der Waals surface area contributed by atoms with Crippen LogP contribution in [0.4, 0.5) is 5.69 Å². The number of phenols is 1. The molecule has 8 heteroatoms. The van der Waals surface area contributed by atoms with Gasteiger partial charge in [-0.05, 0) is 49.6 Å². The molecule has 1 heterocycles. The Labute approximate surface area is 202 Å². The van der Waals surface area contributed by atoms with E-state index >= 15 is 0 Å². The van der Waals surface area contributed by atoms with E-state index in [1.807, 2.05) is 31.2 Å². The molecule has 7 nitrogen and oxygen atoms in total. The normalized spacial score (nSPS) is 17.6. The number of Topliss-reactive ketones (excluding diaryl/α,β-unsaturated/α-hetero) is 1. The zero-order valence-electron chi connectivity index (χ0n) is 19.0. The summed E-state index contributed by atoms with van der Waals surface area (Å²) >= 11 is 1.24. The molecule has 2 aromatic rings. The number of amides is 1. The van der Waals surface area contributed by atoms with E-state index in [4.69, 9.17) is 4.74 Å². The highest BCUT2D eigenvalue weighted by Crippen LogP contribution is 2.45. The third-order valence-corrected chi connectivity index (χ3v) is 6.90. The van der Waals surface area contributed by atoms with Crippen molar-refractivity contribution in [1.29, 1.82) is 5.26 Å². The number of nitrogens with zero attached hydrogens (tertiary/aromatic N) is 1. The van der Waals surface area contributed by atoms with Gasteiger partial charge in [-0.15, -0.1) is 0 Å². The highest BCUT2D eigenvalue weighted by Gasteiger charge is 2.37. The summed E-state index contributed by atoms with van der Waals surface area (Å²) in [5, 5.41) is 26.8. The number of aryl methyl sites for hydroxylation is 1. The van der Waals surface area contributed by atoms with Crippen molar-refractivity contribution >= 4 is 29.1 Å². The Morgan fingerprint density at radius 2 is 2.03 bits per heavy atom. The Hall–Kier alpha value is -3.70. The first-order valence-corrected chi connectivity index (χ1v) is 11.9. The highest BCUT2D eigenvalue weighted by atomic mass is 32.2. The average Bonchev–Trinajstić information content (AvgIpc) is 2.84. The molecule has 0 saturated carbocycles. The van der Waals surface area contributed by atoms with Crippen LogP contribution in [0.5, 0.6) is 11.5 Å². The van der Waals surface area contributed by atoms with Crippen LogP contribution in [-0.4, -0.2) is 29.7 Å². The number of phenolic OH excluding ortho intramolecular Hbond substituents is 1. The molecule has 1 aliphatic heterocycles. The topological polar surface area (TPSA) is 111 Å². The summed E-state index contributed by atoms with van der Waals surface area (Å²) in [6, 6.07) is 14.6. The van der Waals surface area contributed by atoms with Crippen LogP contribution < -0.4 is 15.4 Å². The molecule has 174 valence electrons. The van der Waals surface area contributed by atoms with E-state index in [1.54, 1.807) is 12.1 Å². The van der Waals surface area contributed by atoms with E-state index in [0.29, 0.717) is 40.3 Å². The number of thioether (sulfide) groups is 1. The van der Waals surface area contributed by atoms with E-state index in [2.05, 4.69) is 16.7 Å². The van der Waals surface area contributed by atoms with E-state index in [0.717, 1.165) is 17.7 Å². The maximum absolute atomic E-state index is 12.9. The lowest BCUT2D eigenvalue weighted by molar-refractivity contribution is -0.116. The molecule has 0 aromatic heterocycles. The number of aromatic hydroxyl groups is 1. The van der Waals surface area contributed by atoms with Gasteiger partial charge in [0.05, 0.1) is 35.5 Å². The third-order valence-electron chi connectivity index (χ3n) is 5.88. The van der Waals surface area contributed by atoms with Gasteiger partial charge in [-0.2, -0.15) is 5.26 Å². The van der Waals surface area contributed by atoms with Gasteiger partial charge in [0.15, 0.2) is 17.3 Å². The van der Waals surface area contributed by atoms with Gasteiger partial charge in [-0.25, -0.2) is 0 Å².